The maximum Gasteiger partial charge on any atom is 0.259 e. The van der Waals surface area contributed by atoms with Gasteiger partial charge in [0.1, 0.15) is 5.69 Å². The fourth-order valence-electron chi connectivity index (χ4n) is 3.37. The first-order chi connectivity index (χ1) is 15.1. The number of amides is 2. The molecule has 1 heterocycles. The van der Waals surface area contributed by atoms with Crippen LogP contribution in [0.4, 0.5) is 5.69 Å². The summed E-state index contributed by atoms with van der Waals surface area (Å²) in [5.41, 5.74) is 4.83. The maximum atomic E-state index is 13.2. The first-order valence-electron chi connectivity index (χ1n) is 9.91. The molecule has 0 aliphatic heterocycles. The Kier molecular flexibility index (Phi) is 5.62. The third-order valence-corrected chi connectivity index (χ3v) is 4.99. The van der Waals surface area contributed by atoms with Gasteiger partial charge in [0.2, 0.25) is 0 Å². The number of anilines is 1. The van der Waals surface area contributed by atoms with E-state index in [1.54, 1.807) is 42.2 Å². The zero-order chi connectivity index (χ0) is 21.8. The van der Waals surface area contributed by atoms with Gasteiger partial charge in [-0.1, -0.05) is 48.5 Å². The predicted molar refractivity (Wildman–Crippen MR) is 122 cm³/mol. The van der Waals surface area contributed by atoms with Crippen molar-refractivity contribution in [2.45, 2.75) is 6.92 Å². The Morgan fingerprint density at radius 3 is 2.35 bits per heavy atom. The molecule has 4 aromatic rings. The molecule has 0 saturated heterocycles. The van der Waals surface area contributed by atoms with Crippen LogP contribution >= 0.6 is 0 Å². The molecule has 6 nitrogen and oxygen atoms in total. The van der Waals surface area contributed by atoms with E-state index < -0.39 is 0 Å². The zero-order valence-corrected chi connectivity index (χ0v) is 17.3. The molecule has 2 N–H and O–H groups in total. The molecule has 0 saturated carbocycles. The standard InChI is InChI=1S/C25H22N4O2/c1-17-9-6-7-14-21(17)23-22(16-29(28-23)20-12-4-3-5-13-20)25(31)27-19-11-8-10-18(15-19)24(30)26-2/h3-16H,1-2H3,(H,26,30)(H,27,31). The number of hydrogen-bond acceptors (Lipinski definition) is 3. The van der Waals surface area contributed by atoms with Gasteiger partial charge in [-0.25, -0.2) is 4.68 Å². The number of para-hydroxylation sites is 1. The molecule has 0 fully saturated rings. The molecule has 0 aliphatic rings. The number of benzene rings is 3. The third-order valence-electron chi connectivity index (χ3n) is 4.99. The highest BCUT2D eigenvalue weighted by Gasteiger charge is 2.20. The lowest BCUT2D eigenvalue weighted by atomic mass is 10.0. The average Bonchev–Trinajstić information content (AvgIpc) is 3.25. The molecule has 0 bridgehead atoms. The molecule has 0 aliphatic carbocycles. The number of rotatable bonds is 5. The number of nitrogens with zero attached hydrogens (tertiary/aromatic N) is 2. The lowest BCUT2D eigenvalue weighted by Crippen LogP contribution is -2.18. The van der Waals surface area contributed by atoms with E-state index in [1.807, 2.05) is 61.5 Å². The normalized spacial score (nSPS) is 10.5. The van der Waals surface area contributed by atoms with E-state index in [9.17, 15) is 9.59 Å². The Hall–Kier alpha value is -4.19. The summed E-state index contributed by atoms with van der Waals surface area (Å²) in [5.74, 6) is -0.511. The summed E-state index contributed by atoms with van der Waals surface area (Å²) in [6.45, 7) is 1.99. The Balaban J connectivity index is 1.74. The van der Waals surface area contributed by atoms with Gasteiger partial charge in [-0.3, -0.25) is 9.59 Å². The van der Waals surface area contributed by atoms with E-state index in [4.69, 9.17) is 5.10 Å². The van der Waals surface area contributed by atoms with Gasteiger partial charge in [-0.15, -0.1) is 0 Å². The summed E-state index contributed by atoms with van der Waals surface area (Å²) >= 11 is 0. The predicted octanol–water partition coefficient (Wildman–Crippen LogP) is 4.46. The quantitative estimate of drug-likeness (QED) is 0.510. The van der Waals surface area contributed by atoms with Crippen LogP contribution in [-0.2, 0) is 0 Å². The largest absolute Gasteiger partial charge is 0.355 e. The number of hydrogen-bond donors (Lipinski definition) is 2. The summed E-state index contributed by atoms with van der Waals surface area (Å²) in [4.78, 5) is 25.2. The van der Waals surface area contributed by atoms with Crippen molar-refractivity contribution in [3.8, 4) is 16.9 Å². The van der Waals surface area contributed by atoms with E-state index in [1.165, 1.54) is 0 Å². The van der Waals surface area contributed by atoms with Gasteiger partial charge in [0.05, 0.1) is 11.3 Å². The summed E-state index contributed by atoms with van der Waals surface area (Å²) < 4.78 is 1.71. The van der Waals surface area contributed by atoms with Crippen LogP contribution in [0.5, 0.6) is 0 Å². The van der Waals surface area contributed by atoms with Gasteiger partial charge in [0, 0.05) is 30.1 Å². The van der Waals surface area contributed by atoms with E-state index >= 15 is 0 Å². The van der Waals surface area contributed by atoms with Crippen molar-refractivity contribution >= 4 is 17.5 Å². The summed E-state index contributed by atoms with van der Waals surface area (Å²) in [6, 6.07) is 24.3. The Labute approximate surface area is 180 Å². The van der Waals surface area contributed by atoms with Crippen LogP contribution in [0.2, 0.25) is 0 Å². The molecule has 0 unspecified atom stereocenters. The third kappa shape index (κ3) is 4.23. The summed E-state index contributed by atoms with van der Waals surface area (Å²) in [5, 5.41) is 10.2. The highest BCUT2D eigenvalue weighted by Crippen LogP contribution is 2.27. The van der Waals surface area contributed by atoms with Gasteiger partial charge >= 0.3 is 0 Å². The smallest absolute Gasteiger partial charge is 0.259 e. The van der Waals surface area contributed by atoms with Crippen LogP contribution in [0.15, 0.2) is 85.1 Å². The van der Waals surface area contributed by atoms with Crippen LogP contribution in [0.25, 0.3) is 16.9 Å². The van der Waals surface area contributed by atoms with Crippen LogP contribution in [0.3, 0.4) is 0 Å². The molecule has 2 amide bonds. The number of aryl methyl sites for hydroxylation is 1. The minimum absolute atomic E-state index is 0.214. The molecule has 0 atom stereocenters. The van der Waals surface area contributed by atoms with Crippen molar-refractivity contribution in [3.63, 3.8) is 0 Å². The van der Waals surface area contributed by atoms with Crippen LogP contribution in [0.1, 0.15) is 26.3 Å². The monoisotopic (exact) mass is 410 g/mol. The lowest BCUT2D eigenvalue weighted by Gasteiger charge is -2.08. The molecule has 0 radical (unpaired) electrons. The fourth-order valence-corrected chi connectivity index (χ4v) is 3.37. The Morgan fingerprint density at radius 2 is 1.61 bits per heavy atom. The second kappa shape index (κ2) is 8.67. The highest BCUT2D eigenvalue weighted by atomic mass is 16.2. The molecule has 0 spiro atoms. The number of nitrogens with one attached hydrogen (secondary N) is 2. The van der Waals surface area contributed by atoms with Crippen LogP contribution in [-0.4, -0.2) is 28.6 Å². The Bertz CT molecular complexity index is 1250. The molecule has 1 aromatic heterocycles. The highest BCUT2D eigenvalue weighted by molar-refractivity contribution is 6.08. The number of carbonyl (C=O) groups excluding carboxylic acids is 2. The molecule has 154 valence electrons. The van der Waals surface area contributed by atoms with Gasteiger partial charge in [0.25, 0.3) is 11.8 Å². The molecular weight excluding hydrogens is 388 g/mol. The molecule has 6 heteroatoms. The fraction of sp³-hybridized carbons (Fsp3) is 0.0800. The van der Waals surface area contributed by atoms with E-state index in [0.29, 0.717) is 22.5 Å². The topological polar surface area (TPSA) is 76.0 Å². The number of aromatic nitrogens is 2. The van der Waals surface area contributed by atoms with E-state index in [-0.39, 0.29) is 11.8 Å². The lowest BCUT2D eigenvalue weighted by molar-refractivity contribution is 0.0961. The van der Waals surface area contributed by atoms with Gasteiger partial charge < -0.3 is 10.6 Å². The Morgan fingerprint density at radius 1 is 0.871 bits per heavy atom. The molecule has 4 rings (SSSR count). The molecular formula is C25H22N4O2. The molecule has 31 heavy (non-hydrogen) atoms. The maximum absolute atomic E-state index is 13.2. The van der Waals surface area contributed by atoms with Crippen LogP contribution < -0.4 is 10.6 Å². The van der Waals surface area contributed by atoms with Crippen molar-refractivity contribution in [1.82, 2.24) is 15.1 Å². The van der Waals surface area contributed by atoms with Crippen molar-refractivity contribution < 1.29 is 9.59 Å². The number of carbonyl (C=O) groups is 2. The van der Waals surface area contributed by atoms with E-state index in [2.05, 4.69) is 10.6 Å². The average molecular weight is 410 g/mol. The summed E-state index contributed by atoms with van der Waals surface area (Å²) in [6.07, 6.45) is 1.73. The summed E-state index contributed by atoms with van der Waals surface area (Å²) in [7, 11) is 1.57. The first-order valence-corrected chi connectivity index (χ1v) is 9.91. The zero-order valence-electron chi connectivity index (χ0n) is 17.3. The minimum atomic E-state index is -0.297. The van der Waals surface area contributed by atoms with E-state index in [0.717, 1.165) is 16.8 Å². The van der Waals surface area contributed by atoms with Crippen molar-refractivity contribution in [2.24, 2.45) is 0 Å². The van der Waals surface area contributed by atoms with Crippen molar-refractivity contribution in [3.05, 3.63) is 102 Å². The minimum Gasteiger partial charge on any atom is -0.355 e. The SMILES string of the molecule is CNC(=O)c1cccc(NC(=O)c2cn(-c3ccccc3)nc2-c2ccccc2C)c1. The van der Waals surface area contributed by atoms with Crippen LogP contribution in [0, 0.1) is 6.92 Å². The van der Waals surface area contributed by atoms with Crippen molar-refractivity contribution in [2.75, 3.05) is 12.4 Å². The van der Waals surface area contributed by atoms with Gasteiger partial charge in [0.15, 0.2) is 0 Å². The first kappa shape index (κ1) is 20.1. The molecule has 3 aromatic carbocycles. The van der Waals surface area contributed by atoms with Gasteiger partial charge in [-0.05, 0) is 42.8 Å². The van der Waals surface area contributed by atoms with Gasteiger partial charge in [-0.2, -0.15) is 5.10 Å². The second-order valence-corrected chi connectivity index (χ2v) is 7.10. The van der Waals surface area contributed by atoms with Crippen molar-refractivity contribution in [1.29, 1.82) is 0 Å². The second-order valence-electron chi connectivity index (χ2n) is 7.10.